The molecule has 0 saturated carbocycles. The molecule has 3 heterocycles. The highest BCUT2D eigenvalue weighted by Crippen LogP contribution is 2.55. The number of Topliss-reactive ketones (excluding diaryl/α,β-unsaturated/α-hetero) is 1. The molecule has 3 aromatic rings. The lowest BCUT2D eigenvalue weighted by Crippen LogP contribution is -2.34. The van der Waals surface area contributed by atoms with E-state index in [-0.39, 0.29) is 28.5 Å². The molecule has 4 N–H and O–H groups in total. The number of pyridine rings is 1. The number of ketones is 1. The van der Waals surface area contributed by atoms with Crippen molar-refractivity contribution in [3.05, 3.63) is 78.3 Å². The number of nitrogens with two attached hydrogens (primary N) is 2. The number of non-ortho nitro benzene ring substituents is 1. The van der Waals surface area contributed by atoms with Gasteiger partial charge in [0.25, 0.3) is 5.69 Å². The van der Waals surface area contributed by atoms with Crippen molar-refractivity contribution in [3.63, 3.8) is 0 Å². The lowest BCUT2D eigenvalue weighted by molar-refractivity contribution is -0.384. The summed E-state index contributed by atoms with van der Waals surface area (Å²) in [5.41, 5.74) is 16.4. The van der Waals surface area contributed by atoms with Crippen molar-refractivity contribution in [2.75, 3.05) is 16.4 Å². The number of allylic oxidation sites excluding steroid dienone is 2. The SMILES string of the molecule is N#Cc1c(N)nc2c(c1N)[C@H](c1cccc([N+](=O)[O-])c1)C1=C(CCCC1=O)N2c1sc2c(c1C#N)CCCC2. The van der Waals surface area contributed by atoms with Crippen LogP contribution in [0.25, 0.3) is 0 Å². The fourth-order valence-corrected chi connectivity index (χ4v) is 7.43. The molecule has 11 heteroatoms. The van der Waals surface area contributed by atoms with Crippen molar-refractivity contribution >= 4 is 45.1 Å². The number of hydrogen-bond donors (Lipinski definition) is 2. The molecule has 0 bridgehead atoms. The average molecular weight is 538 g/mol. The minimum absolute atomic E-state index is 0.0116. The smallest absolute Gasteiger partial charge is 0.269 e. The fraction of sp³-hybridized carbons (Fsp3) is 0.286. The van der Waals surface area contributed by atoms with Crippen LogP contribution < -0.4 is 16.4 Å². The first kappa shape index (κ1) is 24.6. The van der Waals surface area contributed by atoms with Crippen LogP contribution in [0.1, 0.15) is 70.7 Å². The highest BCUT2D eigenvalue weighted by Gasteiger charge is 2.44. The number of carbonyl (C=O) groups is 1. The first-order valence-electron chi connectivity index (χ1n) is 12.7. The van der Waals surface area contributed by atoms with Gasteiger partial charge in [0.15, 0.2) is 5.78 Å². The maximum absolute atomic E-state index is 13.7. The number of aromatic nitrogens is 1. The average Bonchev–Trinajstić information content (AvgIpc) is 3.30. The summed E-state index contributed by atoms with van der Waals surface area (Å²) in [7, 11) is 0. The molecule has 0 fully saturated rings. The molecule has 39 heavy (non-hydrogen) atoms. The molecular formula is C28H23N7O3S. The second kappa shape index (κ2) is 9.22. The van der Waals surface area contributed by atoms with E-state index >= 15 is 0 Å². The molecule has 0 unspecified atom stereocenters. The number of nitriles is 2. The van der Waals surface area contributed by atoms with E-state index in [0.29, 0.717) is 58.0 Å². The minimum Gasteiger partial charge on any atom is -0.397 e. The predicted octanol–water partition coefficient (Wildman–Crippen LogP) is 5.13. The van der Waals surface area contributed by atoms with Crippen molar-refractivity contribution in [2.45, 2.75) is 50.9 Å². The highest BCUT2D eigenvalue weighted by molar-refractivity contribution is 7.16. The summed E-state index contributed by atoms with van der Waals surface area (Å²) < 4.78 is 0. The third-order valence-electron chi connectivity index (χ3n) is 7.76. The van der Waals surface area contributed by atoms with Gasteiger partial charge in [-0.15, -0.1) is 11.3 Å². The van der Waals surface area contributed by atoms with Gasteiger partial charge in [-0.1, -0.05) is 12.1 Å². The summed E-state index contributed by atoms with van der Waals surface area (Å²) in [5, 5.41) is 32.4. The number of nitro benzene ring substituents is 1. The molecule has 1 aromatic carbocycles. The Labute approximate surface area is 227 Å². The fourth-order valence-electron chi connectivity index (χ4n) is 6.07. The largest absolute Gasteiger partial charge is 0.397 e. The lowest BCUT2D eigenvalue weighted by Gasteiger charge is -2.40. The topological polar surface area (TPSA) is 176 Å². The number of fused-ring (bicyclic) bond motifs is 2. The second-order valence-electron chi connectivity index (χ2n) is 9.90. The number of nitro groups is 1. The second-order valence-corrected chi connectivity index (χ2v) is 11.0. The Balaban J connectivity index is 1.72. The number of rotatable bonds is 3. The number of nitrogens with zero attached hydrogens (tertiary/aromatic N) is 5. The highest BCUT2D eigenvalue weighted by atomic mass is 32.1. The summed E-state index contributed by atoms with van der Waals surface area (Å²) >= 11 is 1.52. The van der Waals surface area contributed by atoms with Crippen LogP contribution in [-0.4, -0.2) is 15.7 Å². The van der Waals surface area contributed by atoms with Gasteiger partial charge in [0, 0.05) is 46.2 Å². The molecule has 2 aliphatic carbocycles. The Kier molecular flexibility index (Phi) is 5.82. The summed E-state index contributed by atoms with van der Waals surface area (Å²) in [5.74, 6) is -0.580. The molecule has 194 valence electrons. The number of carbonyl (C=O) groups excluding carboxylic acids is 1. The monoisotopic (exact) mass is 537 g/mol. The Morgan fingerprint density at radius 3 is 2.59 bits per heavy atom. The summed E-state index contributed by atoms with van der Waals surface area (Å²) in [6, 6.07) is 10.5. The van der Waals surface area contributed by atoms with Crippen LogP contribution in [0.15, 0.2) is 35.5 Å². The van der Waals surface area contributed by atoms with Crippen LogP contribution >= 0.6 is 11.3 Å². The van der Waals surface area contributed by atoms with Crippen molar-refractivity contribution in [1.82, 2.24) is 4.98 Å². The number of aryl methyl sites for hydroxylation is 1. The normalized spacial score (nSPS) is 18.1. The Morgan fingerprint density at radius 2 is 1.85 bits per heavy atom. The van der Waals surface area contributed by atoms with Crippen molar-refractivity contribution in [1.29, 1.82) is 10.5 Å². The first-order chi connectivity index (χ1) is 18.8. The summed E-state index contributed by atoms with van der Waals surface area (Å²) in [6.07, 6.45) is 5.19. The molecule has 2 aromatic heterocycles. The van der Waals surface area contributed by atoms with Crippen LogP contribution in [0.4, 0.5) is 28.0 Å². The standard InChI is InChI=1S/C28H23N7O3S/c29-12-17-16-7-1-2-10-21(16)39-28(17)34-19-8-4-9-20(36)23(19)22(14-5-3-6-15(11-14)35(37)38)24-25(31)18(13-30)26(32)33-27(24)34/h3,5-6,11,22H,1-2,4,7-10H2,(H4,31,32,33)/t22-/m1/s1. The molecule has 0 saturated heterocycles. The molecular weight excluding hydrogens is 514 g/mol. The van der Waals surface area contributed by atoms with Crippen molar-refractivity contribution < 1.29 is 9.72 Å². The number of benzene rings is 1. The zero-order valence-corrected chi connectivity index (χ0v) is 21.7. The predicted molar refractivity (Wildman–Crippen MR) is 146 cm³/mol. The van der Waals surface area contributed by atoms with E-state index < -0.39 is 10.8 Å². The number of anilines is 4. The van der Waals surface area contributed by atoms with Gasteiger partial charge >= 0.3 is 0 Å². The number of thiophene rings is 1. The van der Waals surface area contributed by atoms with Crippen LogP contribution in [0.2, 0.25) is 0 Å². The van der Waals surface area contributed by atoms with Gasteiger partial charge < -0.3 is 11.5 Å². The Hall–Kier alpha value is -4.74. The van der Waals surface area contributed by atoms with Crippen LogP contribution in [0.3, 0.4) is 0 Å². The van der Waals surface area contributed by atoms with E-state index in [0.717, 1.165) is 36.1 Å². The first-order valence-corrected chi connectivity index (χ1v) is 13.5. The van der Waals surface area contributed by atoms with Crippen LogP contribution in [0, 0.1) is 32.8 Å². The van der Waals surface area contributed by atoms with Gasteiger partial charge in [0.2, 0.25) is 0 Å². The van der Waals surface area contributed by atoms with Gasteiger partial charge in [0.1, 0.15) is 34.3 Å². The Bertz CT molecular complexity index is 1710. The van der Waals surface area contributed by atoms with Crippen molar-refractivity contribution in [2.24, 2.45) is 0 Å². The molecule has 10 nitrogen and oxygen atoms in total. The number of hydrogen-bond acceptors (Lipinski definition) is 10. The zero-order valence-electron chi connectivity index (χ0n) is 20.9. The van der Waals surface area contributed by atoms with Crippen molar-refractivity contribution in [3.8, 4) is 12.1 Å². The summed E-state index contributed by atoms with van der Waals surface area (Å²) in [6.45, 7) is 0. The van der Waals surface area contributed by atoms with E-state index in [2.05, 4.69) is 11.1 Å². The van der Waals surface area contributed by atoms with Crippen LogP contribution in [-0.2, 0) is 17.6 Å². The molecule has 3 aliphatic rings. The third-order valence-corrected chi connectivity index (χ3v) is 9.04. The maximum atomic E-state index is 13.7. The molecule has 0 radical (unpaired) electrons. The zero-order chi connectivity index (χ0) is 27.4. The maximum Gasteiger partial charge on any atom is 0.269 e. The van der Waals surface area contributed by atoms with E-state index in [1.54, 1.807) is 12.1 Å². The molecule has 6 rings (SSSR count). The van der Waals surface area contributed by atoms with Gasteiger partial charge in [-0.05, 0) is 49.7 Å². The van der Waals surface area contributed by atoms with Gasteiger partial charge in [-0.25, -0.2) is 4.98 Å². The van der Waals surface area contributed by atoms with E-state index in [1.807, 2.05) is 11.0 Å². The van der Waals surface area contributed by atoms with Gasteiger partial charge in [-0.3, -0.25) is 19.8 Å². The van der Waals surface area contributed by atoms with Crippen LogP contribution in [0.5, 0.6) is 0 Å². The molecule has 1 atom stereocenters. The molecule has 0 amide bonds. The minimum atomic E-state index is -0.778. The van der Waals surface area contributed by atoms with E-state index in [9.17, 15) is 25.4 Å². The van der Waals surface area contributed by atoms with Gasteiger partial charge in [-0.2, -0.15) is 10.5 Å². The van der Waals surface area contributed by atoms with E-state index in [1.165, 1.54) is 23.5 Å². The molecule has 1 aliphatic heterocycles. The quantitative estimate of drug-likeness (QED) is 0.339. The third kappa shape index (κ3) is 3.66. The summed E-state index contributed by atoms with van der Waals surface area (Å²) in [4.78, 5) is 32.5. The van der Waals surface area contributed by atoms with Gasteiger partial charge in [0.05, 0.1) is 16.2 Å². The van der Waals surface area contributed by atoms with E-state index in [4.69, 9.17) is 11.5 Å². The molecule has 0 spiro atoms. The number of nitrogen functional groups attached to an aromatic ring is 2. The Morgan fingerprint density at radius 1 is 1.08 bits per heavy atom. The lowest BCUT2D eigenvalue weighted by atomic mass is 9.74.